The van der Waals surface area contributed by atoms with Gasteiger partial charge in [-0.25, -0.2) is 4.79 Å². The number of fused-ring (bicyclic) bond motifs is 1. The Morgan fingerprint density at radius 2 is 1.83 bits per heavy atom. The second kappa shape index (κ2) is 13.4. The molecule has 0 saturated heterocycles. The van der Waals surface area contributed by atoms with Crippen molar-refractivity contribution < 1.29 is 38.5 Å². The summed E-state index contributed by atoms with van der Waals surface area (Å²) < 4.78 is 15.9. The summed E-state index contributed by atoms with van der Waals surface area (Å²) in [5, 5.41) is 9.45. The first kappa shape index (κ1) is 32.0. The highest BCUT2D eigenvalue weighted by Crippen LogP contribution is 2.32. The lowest BCUT2D eigenvalue weighted by Gasteiger charge is -2.27. The van der Waals surface area contributed by atoms with E-state index in [4.69, 9.17) is 14.2 Å². The van der Waals surface area contributed by atoms with E-state index in [1.807, 2.05) is 32.0 Å². The number of carbonyl (C=O) groups excluding carboxylic acids is 3. The molecule has 2 aliphatic rings. The molecule has 9 heteroatoms. The first-order valence-corrected chi connectivity index (χ1v) is 14.2. The minimum atomic E-state index is -1.00. The molecule has 1 fully saturated rings. The maximum atomic E-state index is 12.8. The number of hydrogen-bond donors (Lipinski definition) is 1. The number of carboxylic acids is 1. The Bertz CT molecular complexity index is 1200. The summed E-state index contributed by atoms with van der Waals surface area (Å²) in [6.45, 7) is 10.4. The van der Waals surface area contributed by atoms with Crippen molar-refractivity contribution in [2.75, 3.05) is 13.7 Å². The van der Waals surface area contributed by atoms with Crippen LogP contribution in [0, 0.1) is 34.5 Å². The fraction of sp³-hybridized carbons (Fsp3) is 0.625. The van der Waals surface area contributed by atoms with Crippen LogP contribution in [-0.4, -0.2) is 53.8 Å². The number of aliphatic carboxylic acids is 1. The minimum Gasteiger partial charge on any atom is -0.481 e. The molecule has 1 aromatic rings. The molecule has 41 heavy (non-hydrogen) atoms. The number of nitrogens with zero attached hydrogens (tertiary/aromatic N) is 1. The highest BCUT2D eigenvalue weighted by atomic mass is 16.6. The number of esters is 2. The van der Waals surface area contributed by atoms with Crippen molar-refractivity contribution in [3.63, 3.8) is 0 Å². The van der Waals surface area contributed by atoms with Gasteiger partial charge in [0, 0.05) is 18.5 Å². The number of ether oxygens (including phenoxy) is 3. The lowest BCUT2D eigenvalue weighted by Crippen LogP contribution is -2.32. The lowest BCUT2D eigenvalue weighted by molar-refractivity contribution is -0.156. The van der Waals surface area contributed by atoms with Crippen molar-refractivity contribution in [3.8, 4) is 11.8 Å². The Balaban J connectivity index is 1.49. The van der Waals surface area contributed by atoms with Gasteiger partial charge >= 0.3 is 24.0 Å². The molecule has 1 aromatic carbocycles. The van der Waals surface area contributed by atoms with Gasteiger partial charge in [-0.15, -0.1) is 0 Å². The van der Waals surface area contributed by atoms with Crippen LogP contribution in [0.4, 0.5) is 4.79 Å². The zero-order valence-electron chi connectivity index (χ0n) is 25.1. The van der Waals surface area contributed by atoms with E-state index in [-0.39, 0.29) is 42.5 Å². The summed E-state index contributed by atoms with van der Waals surface area (Å²) in [7, 11) is 1.37. The van der Waals surface area contributed by atoms with Crippen molar-refractivity contribution in [3.05, 3.63) is 34.9 Å². The van der Waals surface area contributed by atoms with Gasteiger partial charge in [-0.1, -0.05) is 58.6 Å². The highest BCUT2D eigenvalue weighted by molar-refractivity contribution is 5.79. The third kappa shape index (κ3) is 8.97. The smallest absolute Gasteiger partial charge is 0.410 e. The van der Waals surface area contributed by atoms with Crippen LogP contribution >= 0.6 is 0 Å². The third-order valence-corrected chi connectivity index (χ3v) is 7.92. The van der Waals surface area contributed by atoms with Crippen LogP contribution in [0.3, 0.4) is 0 Å². The van der Waals surface area contributed by atoms with E-state index >= 15 is 0 Å². The summed E-state index contributed by atoms with van der Waals surface area (Å²) in [5.41, 5.74) is 2.05. The zero-order valence-corrected chi connectivity index (χ0v) is 25.1. The average Bonchev–Trinajstić information content (AvgIpc) is 3.55. The van der Waals surface area contributed by atoms with Gasteiger partial charge < -0.3 is 19.3 Å². The number of methoxy groups -OCH3 is 1. The molecular weight excluding hydrogens is 526 g/mol. The van der Waals surface area contributed by atoms with Crippen molar-refractivity contribution in [1.29, 1.82) is 0 Å². The van der Waals surface area contributed by atoms with Crippen LogP contribution in [0.15, 0.2) is 18.2 Å². The molecule has 1 amide bonds. The third-order valence-electron chi connectivity index (χ3n) is 7.92. The number of rotatable bonds is 9. The van der Waals surface area contributed by atoms with Crippen LogP contribution in [0.5, 0.6) is 0 Å². The summed E-state index contributed by atoms with van der Waals surface area (Å²) in [6, 6.07) is 5.86. The lowest BCUT2D eigenvalue weighted by atomic mass is 9.79. The Kier molecular flexibility index (Phi) is 10.5. The summed E-state index contributed by atoms with van der Waals surface area (Å²) >= 11 is 0. The topological polar surface area (TPSA) is 119 Å². The maximum absolute atomic E-state index is 12.8. The maximum Gasteiger partial charge on any atom is 0.410 e. The van der Waals surface area contributed by atoms with Crippen molar-refractivity contribution in [2.45, 2.75) is 92.3 Å². The van der Waals surface area contributed by atoms with Gasteiger partial charge in [-0.2, -0.15) is 0 Å². The van der Waals surface area contributed by atoms with Crippen molar-refractivity contribution in [1.82, 2.24) is 4.90 Å². The van der Waals surface area contributed by atoms with Crippen molar-refractivity contribution >= 4 is 24.0 Å². The molecule has 224 valence electrons. The predicted octanol–water partition coefficient (Wildman–Crippen LogP) is 5.32. The molecule has 3 atom stereocenters. The fourth-order valence-corrected chi connectivity index (χ4v) is 5.21. The molecule has 0 radical (unpaired) electrons. The Morgan fingerprint density at radius 3 is 2.49 bits per heavy atom. The van der Waals surface area contributed by atoms with E-state index in [0.717, 1.165) is 16.7 Å². The molecule has 0 unspecified atom stereocenters. The number of benzene rings is 1. The van der Waals surface area contributed by atoms with Gasteiger partial charge in [0.2, 0.25) is 0 Å². The monoisotopic (exact) mass is 569 g/mol. The largest absolute Gasteiger partial charge is 0.481 e. The van der Waals surface area contributed by atoms with Gasteiger partial charge in [0.05, 0.1) is 38.5 Å². The average molecular weight is 570 g/mol. The van der Waals surface area contributed by atoms with Crippen LogP contribution in [0.1, 0.15) is 89.8 Å². The molecule has 1 aliphatic carbocycles. The van der Waals surface area contributed by atoms with Gasteiger partial charge in [0.25, 0.3) is 0 Å². The van der Waals surface area contributed by atoms with E-state index in [9.17, 15) is 24.3 Å². The number of carboxylic acid groups (broad SMARTS) is 1. The van der Waals surface area contributed by atoms with E-state index < -0.39 is 23.3 Å². The normalized spacial score (nSPS) is 19.0. The van der Waals surface area contributed by atoms with Crippen LogP contribution < -0.4 is 0 Å². The molecule has 1 N–H and O–H groups in total. The Morgan fingerprint density at radius 1 is 1.10 bits per heavy atom. The first-order valence-electron chi connectivity index (χ1n) is 14.2. The van der Waals surface area contributed by atoms with Gasteiger partial charge in [-0.3, -0.25) is 19.3 Å². The number of carbonyl (C=O) groups is 4. The van der Waals surface area contributed by atoms with E-state index in [1.165, 1.54) is 7.11 Å². The Labute approximate surface area is 242 Å². The predicted molar refractivity (Wildman–Crippen MR) is 151 cm³/mol. The molecule has 1 heterocycles. The zero-order chi connectivity index (χ0) is 30.4. The second-order valence-electron chi connectivity index (χ2n) is 12.9. The standard InChI is InChI=1S/C32H43NO8/c1-31(2,3)26(28(35)36)17-27(34)40-20-32(4,5)15-8-7-10-21-11-9-12-23-18-33(19-25(21)23)30(38)41-24-14-13-22(16-24)29(37)39-6/h9,11-12,22,24,26H,8,13-20H2,1-6H3,(H,35,36)/t22-,24-,26+/m0/s1. The van der Waals surface area contributed by atoms with E-state index in [2.05, 4.69) is 11.8 Å². The molecule has 0 aromatic heterocycles. The van der Waals surface area contributed by atoms with Gasteiger partial charge in [0.15, 0.2) is 0 Å². The molecular formula is C32H43NO8. The van der Waals surface area contributed by atoms with E-state index in [1.54, 1.807) is 25.7 Å². The number of amides is 1. The second-order valence-corrected chi connectivity index (χ2v) is 12.9. The van der Waals surface area contributed by atoms with Crippen molar-refractivity contribution in [2.24, 2.45) is 22.7 Å². The molecule has 3 rings (SSSR count). The molecule has 0 bridgehead atoms. The highest BCUT2D eigenvalue weighted by Gasteiger charge is 2.36. The minimum absolute atomic E-state index is 0.160. The quantitative estimate of drug-likeness (QED) is 0.241. The van der Waals surface area contributed by atoms with Gasteiger partial charge in [0.1, 0.15) is 6.10 Å². The van der Waals surface area contributed by atoms with Crippen LogP contribution in [-0.2, 0) is 41.7 Å². The van der Waals surface area contributed by atoms with Crippen LogP contribution in [0.2, 0.25) is 0 Å². The van der Waals surface area contributed by atoms with E-state index in [0.29, 0.717) is 45.2 Å². The molecule has 1 saturated carbocycles. The number of hydrogen-bond acceptors (Lipinski definition) is 7. The summed E-state index contributed by atoms with van der Waals surface area (Å²) in [4.78, 5) is 50.1. The Hall–Kier alpha value is -3.54. The fourth-order valence-electron chi connectivity index (χ4n) is 5.21. The molecule has 9 nitrogen and oxygen atoms in total. The summed E-state index contributed by atoms with van der Waals surface area (Å²) in [5.74, 6) is 3.67. The van der Waals surface area contributed by atoms with Crippen LogP contribution in [0.25, 0.3) is 0 Å². The van der Waals surface area contributed by atoms with Gasteiger partial charge in [-0.05, 0) is 53.7 Å². The SMILES string of the molecule is COC(=O)[C@H]1CC[C@H](OC(=O)N2Cc3cccc(C#CCCC(C)(C)COC(=O)C[C@H](C(=O)O)C(C)(C)C)c3C2)C1. The summed E-state index contributed by atoms with van der Waals surface area (Å²) in [6.07, 6.45) is 2.25. The molecule has 0 spiro atoms. The molecule has 1 aliphatic heterocycles. The first-order chi connectivity index (χ1) is 19.2.